The number of benzene rings is 1. The Bertz CT molecular complexity index is 730. The third-order valence-corrected chi connectivity index (χ3v) is 4.60. The number of aromatic nitrogens is 2. The molecule has 24 heavy (non-hydrogen) atoms. The van der Waals surface area contributed by atoms with E-state index in [1.807, 2.05) is 0 Å². The molecule has 0 unspecified atom stereocenters. The van der Waals surface area contributed by atoms with Gasteiger partial charge < -0.3 is 11.1 Å². The lowest BCUT2D eigenvalue weighted by Gasteiger charge is -2.27. The molecule has 1 amide bonds. The van der Waals surface area contributed by atoms with Gasteiger partial charge >= 0.3 is 0 Å². The number of amides is 1. The zero-order chi connectivity index (χ0) is 17.1. The summed E-state index contributed by atoms with van der Waals surface area (Å²) in [5.74, 6) is -0.103. The van der Waals surface area contributed by atoms with Crippen molar-refractivity contribution in [2.75, 3.05) is 5.32 Å². The molecule has 0 saturated heterocycles. The molecule has 1 fully saturated rings. The Balaban J connectivity index is 1.72. The Morgan fingerprint density at radius 2 is 1.88 bits per heavy atom. The predicted octanol–water partition coefficient (Wildman–Crippen LogP) is 3.39. The first kappa shape index (κ1) is 16.6. The molecule has 1 aliphatic carbocycles. The fourth-order valence-corrected chi connectivity index (χ4v) is 3.15. The van der Waals surface area contributed by atoms with Crippen LogP contribution in [0.15, 0.2) is 30.5 Å². The summed E-state index contributed by atoms with van der Waals surface area (Å²) >= 11 is 6.17. The number of carbonyl (C=O) groups excluding carboxylic acids is 1. The maximum absolute atomic E-state index is 13.1. The Hall–Kier alpha value is -2.21. The monoisotopic (exact) mass is 348 g/mol. The Labute approximate surface area is 144 Å². The Morgan fingerprint density at radius 3 is 2.50 bits per heavy atom. The summed E-state index contributed by atoms with van der Waals surface area (Å²) in [5, 5.41) is 3.69. The molecule has 1 aliphatic rings. The highest BCUT2D eigenvalue weighted by Gasteiger charge is 2.25. The molecule has 1 aromatic heterocycles. The zero-order valence-electron chi connectivity index (χ0n) is 13.0. The van der Waals surface area contributed by atoms with Gasteiger partial charge in [-0.2, -0.15) is 0 Å². The van der Waals surface area contributed by atoms with Gasteiger partial charge in [0.05, 0.1) is 16.9 Å². The van der Waals surface area contributed by atoms with E-state index in [0.717, 1.165) is 31.2 Å². The van der Waals surface area contributed by atoms with Gasteiger partial charge in [-0.25, -0.2) is 14.4 Å². The summed E-state index contributed by atoms with van der Waals surface area (Å²) in [4.78, 5) is 19.9. The van der Waals surface area contributed by atoms with E-state index in [1.165, 1.54) is 18.3 Å². The number of nitrogens with zero attached hydrogens (tertiary/aromatic N) is 2. The zero-order valence-corrected chi connectivity index (χ0v) is 13.8. The highest BCUT2D eigenvalue weighted by molar-refractivity contribution is 6.32. The summed E-state index contributed by atoms with van der Waals surface area (Å²) in [6.45, 7) is 0. The average molecular weight is 349 g/mol. The normalized spacial score (nSPS) is 20.6. The summed E-state index contributed by atoms with van der Waals surface area (Å²) in [7, 11) is 0. The van der Waals surface area contributed by atoms with Gasteiger partial charge in [0.25, 0.3) is 0 Å². The molecule has 2 aromatic rings. The van der Waals surface area contributed by atoms with Crippen molar-refractivity contribution in [1.82, 2.24) is 9.97 Å². The largest absolute Gasteiger partial charge is 0.369 e. The van der Waals surface area contributed by atoms with Crippen LogP contribution >= 0.6 is 11.6 Å². The van der Waals surface area contributed by atoms with Crippen LogP contribution < -0.4 is 11.1 Å². The van der Waals surface area contributed by atoms with Gasteiger partial charge in [-0.1, -0.05) is 11.6 Å². The van der Waals surface area contributed by atoms with Gasteiger partial charge in [-0.3, -0.25) is 4.79 Å². The SMILES string of the molecule is NC(=O)[C@H]1CC[C@@H](Nc2ncc(Cl)c(-c3ccc(F)cc3)n2)CC1. The molecule has 0 aliphatic heterocycles. The molecule has 3 rings (SSSR count). The Morgan fingerprint density at radius 1 is 1.21 bits per heavy atom. The molecule has 1 saturated carbocycles. The van der Waals surface area contributed by atoms with Gasteiger partial charge in [0.15, 0.2) is 0 Å². The molecule has 7 heteroatoms. The maximum atomic E-state index is 13.1. The van der Waals surface area contributed by atoms with Crippen LogP contribution in [-0.2, 0) is 4.79 Å². The van der Waals surface area contributed by atoms with E-state index in [9.17, 15) is 9.18 Å². The highest BCUT2D eigenvalue weighted by Crippen LogP contribution is 2.29. The van der Waals surface area contributed by atoms with Crippen LogP contribution in [0.4, 0.5) is 10.3 Å². The minimum absolute atomic E-state index is 0.0380. The van der Waals surface area contributed by atoms with Crippen molar-refractivity contribution in [2.45, 2.75) is 31.7 Å². The van der Waals surface area contributed by atoms with Crippen molar-refractivity contribution >= 4 is 23.5 Å². The van der Waals surface area contributed by atoms with Crippen molar-refractivity contribution in [3.8, 4) is 11.3 Å². The molecule has 5 nitrogen and oxygen atoms in total. The first-order chi connectivity index (χ1) is 11.5. The number of nitrogens with two attached hydrogens (primary N) is 1. The smallest absolute Gasteiger partial charge is 0.223 e. The lowest BCUT2D eigenvalue weighted by molar-refractivity contribution is -0.122. The summed E-state index contributed by atoms with van der Waals surface area (Å²) in [6, 6.07) is 6.19. The van der Waals surface area contributed by atoms with Crippen LogP contribution in [0.25, 0.3) is 11.3 Å². The van der Waals surface area contributed by atoms with Crippen LogP contribution in [0.3, 0.4) is 0 Å². The standard InChI is InChI=1S/C17H18ClFN4O/c18-14-9-21-17(22-13-7-3-11(4-8-13)16(20)24)23-15(14)10-1-5-12(19)6-2-10/h1-2,5-6,9,11,13H,3-4,7-8H2,(H2,20,24)(H,21,22,23)/t11-,13+. The van der Waals surface area contributed by atoms with Crippen molar-refractivity contribution < 1.29 is 9.18 Å². The molecule has 126 valence electrons. The molecular formula is C17H18ClFN4O. The fraction of sp³-hybridized carbons (Fsp3) is 0.353. The molecule has 0 atom stereocenters. The van der Waals surface area contributed by atoms with E-state index in [4.69, 9.17) is 17.3 Å². The second-order valence-electron chi connectivity index (χ2n) is 5.99. The van der Waals surface area contributed by atoms with E-state index in [0.29, 0.717) is 16.7 Å². The van der Waals surface area contributed by atoms with Crippen molar-refractivity contribution in [2.24, 2.45) is 11.7 Å². The molecule has 1 heterocycles. The molecular weight excluding hydrogens is 331 g/mol. The van der Waals surface area contributed by atoms with Gasteiger partial charge in [0, 0.05) is 17.5 Å². The number of primary amides is 1. The van der Waals surface area contributed by atoms with E-state index in [2.05, 4.69) is 15.3 Å². The second kappa shape index (κ2) is 7.13. The minimum atomic E-state index is -0.312. The van der Waals surface area contributed by atoms with Gasteiger partial charge in [-0.05, 0) is 49.9 Å². The number of carbonyl (C=O) groups is 1. The molecule has 1 aromatic carbocycles. The summed E-state index contributed by atoms with van der Waals surface area (Å²) in [6.07, 6.45) is 4.75. The third kappa shape index (κ3) is 3.82. The van der Waals surface area contributed by atoms with Crippen LogP contribution in [-0.4, -0.2) is 21.9 Å². The number of hydrogen-bond acceptors (Lipinski definition) is 4. The number of hydrogen-bond donors (Lipinski definition) is 2. The van der Waals surface area contributed by atoms with E-state index >= 15 is 0 Å². The summed E-state index contributed by atoms with van der Waals surface area (Å²) in [5.41, 5.74) is 6.63. The number of anilines is 1. The number of halogens is 2. The lowest BCUT2D eigenvalue weighted by atomic mass is 9.86. The summed E-state index contributed by atoms with van der Waals surface area (Å²) < 4.78 is 13.1. The highest BCUT2D eigenvalue weighted by atomic mass is 35.5. The second-order valence-corrected chi connectivity index (χ2v) is 6.40. The van der Waals surface area contributed by atoms with E-state index in [1.54, 1.807) is 12.1 Å². The maximum Gasteiger partial charge on any atom is 0.223 e. The van der Waals surface area contributed by atoms with Gasteiger partial charge in [-0.15, -0.1) is 0 Å². The van der Waals surface area contributed by atoms with Crippen LogP contribution in [0.1, 0.15) is 25.7 Å². The van der Waals surface area contributed by atoms with Crippen molar-refractivity contribution in [3.05, 3.63) is 41.3 Å². The van der Waals surface area contributed by atoms with Crippen LogP contribution in [0, 0.1) is 11.7 Å². The predicted molar refractivity (Wildman–Crippen MR) is 91.0 cm³/mol. The van der Waals surface area contributed by atoms with E-state index < -0.39 is 0 Å². The first-order valence-electron chi connectivity index (χ1n) is 7.87. The third-order valence-electron chi connectivity index (χ3n) is 4.32. The fourth-order valence-electron chi connectivity index (χ4n) is 2.95. The molecule has 0 radical (unpaired) electrons. The molecule has 3 N–H and O–H groups in total. The first-order valence-corrected chi connectivity index (χ1v) is 8.25. The minimum Gasteiger partial charge on any atom is -0.369 e. The van der Waals surface area contributed by atoms with Crippen molar-refractivity contribution in [1.29, 1.82) is 0 Å². The van der Waals surface area contributed by atoms with Crippen LogP contribution in [0.2, 0.25) is 5.02 Å². The number of nitrogens with one attached hydrogen (secondary N) is 1. The van der Waals surface area contributed by atoms with Gasteiger partial charge in [0.2, 0.25) is 11.9 Å². The van der Waals surface area contributed by atoms with Crippen molar-refractivity contribution in [3.63, 3.8) is 0 Å². The lowest BCUT2D eigenvalue weighted by Crippen LogP contribution is -2.32. The average Bonchev–Trinajstić information content (AvgIpc) is 2.58. The van der Waals surface area contributed by atoms with Gasteiger partial charge in [0.1, 0.15) is 5.82 Å². The molecule has 0 bridgehead atoms. The van der Waals surface area contributed by atoms with Crippen LogP contribution in [0.5, 0.6) is 0 Å². The number of rotatable bonds is 4. The quantitative estimate of drug-likeness (QED) is 0.887. The molecule has 0 spiro atoms. The Kier molecular flexibility index (Phi) is 4.94. The van der Waals surface area contributed by atoms with E-state index in [-0.39, 0.29) is 23.7 Å². The topological polar surface area (TPSA) is 80.9 Å².